The van der Waals surface area contributed by atoms with E-state index in [1.807, 2.05) is 28.9 Å². The smallest absolute Gasteiger partial charge is 0.325 e. The van der Waals surface area contributed by atoms with Gasteiger partial charge in [-0.1, -0.05) is 6.07 Å². The lowest BCUT2D eigenvalue weighted by atomic mass is 10.1. The summed E-state index contributed by atoms with van der Waals surface area (Å²) in [6.45, 7) is 4.16. The summed E-state index contributed by atoms with van der Waals surface area (Å²) in [5.74, 6) is -0.279. The average Bonchev–Trinajstić information content (AvgIpc) is 2.78. The summed E-state index contributed by atoms with van der Waals surface area (Å²) in [6, 6.07) is 5.89. The number of nitrogens with zero attached hydrogens (tertiary/aromatic N) is 2. The van der Waals surface area contributed by atoms with Crippen molar-refractivity contribution < 1.29 is 9.53 Å². The highest BCUT2D eigenvalue weighted by molar-refractivity contribution is 5.79. The zero-order chi connectivity index (χ0) is 13.2. The molecule has 2 aromatic rings. The van der Waals surface area contributed by atoms with E-state index in [0.29, 0.717) is 6.54 Å². The summed E-state index contributed by atoms with van der Waals surface area (Å²) in [5, 5.41) is 7.42. The predicted octanol–water partition coefficient (Wildman–Crippen LogP) is 1.38. The van der Waals surface area contributed by atoms with E-state index in [2.05, 4.69) is 10.4 Å². The van der Waals surface area contributed by atoms with Crippen molar-refractivity contribution >= 4 is 11.5 Å². The van der Waals surface area contributed by atoms with Crippen LogP contribution < -0.4 is 5.32 Å². The number of methoxy groups -OCH3 is 1. The van der Waals surface area contributed by atoms with Crippen LogP contribution in [0.3, 0.4) is 0 Å². The fourth-order valence-corrected chi connectivity index (χ4v) is 1.77. The summed E-state index contributed by atoms with van der Waals surface area (Å²) in [4.78, 5) is 11.6. The van der Waals surface area contributed by atoms with Gasteiger partial charge < -0.3 is 4.74 Å². The third-order valence-electron chi connectivity index (χ3n) is 2.92. The number of rotatable bonds is 4. The van der Waals surface area contributed by atoms with E-state index in [-0.39, 0.29) is 5.97 Å². The molecule has 2 rings (SSSR count). The van der Waals surface area contributed by atoms with Gasteiger partial charge >= 0.3 is 5.97 Å². The summed E-state index contributed by atoms with van der Waals surface area (Å²) in [5.41, 5.74) is 1.37. The normalized spacial score (nSPS) is 11.7. The van der Waals surface area contributed by atoms with Crippen molar-refractivity contribution in [2.24, 2.45) is 0 Å². The number of esters is 1. The number of pyridine rings is 1. The molecule has 0 aliphatic rings. The summed E-state index contributed by atoms with van der Waals surface area (Å²) >= 11 is 0. The number of fused-ring (bicyclic) bond motifs is 1. The molecule has 2 heterocycles. The molecule has 5 nitrogen and oxygen atoms in total. The minimum absolute atomic E-state index is 0.279. The molecule has 0 amide bonds. The Hall–Kier alpha value is -1.88. The first kappa shape index (κ1) is 12.6. The second-order valence-corrected chi connectivity index (χ2v) is 4.67. The van der Waals surface area contributed by atoms with E-state index < -0.39 is 5.54 Å². The van der Waals surface area contributed by atoms with E-state index in [4.69, 9.17) is 4.74 Å². The molecule has 0 saturated heterocycles. The molecule has 0 bridgehead atoms. The zero-order valence-corrected chi connectivity index (χ0v) is 10.8. The lowest BCUT2D eigenvalue weighted by Gasteiger charge is -2.22. The molecule has 0 aliphatic carbocycles. The van der Waals surface area contributed by atoms with Crippen LogP contribution in [0.2, 0.25) is 0 Å². The molecular weight excluding hydrogens is 230 g/mol. The van der Waals surface area contributed by atoms with E-state index in [0.717, 1.165) is 11.1 Å². The van der Waals surface area contributed by atoms with Crippen molar-refractivity contribution in [3.63, 3.8) is 0 Å². The number of ether oxygens (including phenoxy) is 1. The second kappa shape index (κ2) is 4.78. The molecule has 0 fully saturated rings. The van der Waals surface area contributed by atoms with Gasteiger partial charge in [-0.3, -0.25) is 10.1 Å². The van der Waals surface area contributed by atoms with Crippen molar-refractivity contribution in [1.29, 1.82) is 0 Å². The molecule has 0 spiro atoms. The van der Waals surface area contributed by atoms with Crippen LogP contribution in [-0.2, 0) is 16.1 Å². The Kier molecular flexibility index (Phi) is 3.34. The molecule has 0 aromatic carbocycles. The van der Waals surface area contributed by atoms with Crippen LogP contribution in [0.1, 0.15) is 19.4 Å². The monoisotopic (exact) mass is 247 g/mol. The van der Waals surface area contributed by atoms with Crippen molar-refractivity contribution in [2.45, 2.75) is 25.9 Å². The molecule has 0 unspecified atom stereocenters. The lowest BCUT2D eigenvalue weighted by molar-refractivity contribution is -0.147. The molecule has 5 heteroatoms. The van der Waals surface area contributed by atoms with Gasteiger partial charge in [-0.05, 0) is 26.0 Å². The molecular formula is C13H17N3O2. The van der Waals surface area contributed by atoms with Crippen LogP contribution in [0, 0.1) is 0 Å². The molecule has 0 saturated carbocycles. The predicted molar refractivity (Wildman–Crippen MR) is 68.1 cm³/mol. The van der Waals surface area contributed by atoms with Gasteiger partial charge in [0.2, 0.25) is 0 Å². The van der Waals surface area contributed by atoms with Gasteiger partial charge in [0.15, 0.2) is 0 Å². The Balaban J connectivity index is 2.13. The first-order chi connectivity index (χ1) is 8.54. The summed E-state index contributed by atoms with van der Waals surface area (Å²) < 4.78 is 6.56. The van der Waals surface area contributed by atoms with Crippen molar-refractivity contribution in [2.75, 3.05) is 7.11 Å². The first-order valence-electron chi connectivity index (χ1n) is 5.79. The van der Waals surface area contributed by atoms with Gasteiger partial charge in [0.1, 0.15) is 5.54 Å². The molecule has 1 N–H and O–H groups in total. The third kappa shape index (κ3) is 2.36. The van der Waals surface area contributed by atoms with Crippen LogP contribution in [0.4, 0.5) is 0 Å². The summed E-state index contributed by atoms with van der Waals surface area (Å²) in [6.07, 6.45) is 3.69. The second-order valence-electron chi connectivity index (χ2n) is 4.67. The SMILES string of the molecule is COC(=O)C(C)(C)NCc1cnn2ccccc12. The molecule has 2 aromatic heterocycles. The Morgan fingerprint density at radius 1 is 1.50 bits per heavy atom. The van der Waals surface area contributed by atoms with Crippen LogP contribution in [0.15, 0.2) is 30.6 Å². The maximum Gasteiger partial charge on any atom is 0.325 e. The fourth-order valence-electron chi connectivity index (χ4n) is 1.77. The van der Waals surface area contributed by atoms with Crippen molar-refractivity contribution in [3.05, 3.63) is 36.2 Å². The number of aromatic nitrogens is 2. The Morgan fingerprint density at radius 3 is 3.00 bits per heavy atom. The van der Waals surface area contributed by atoms with Crippen molar-refractivity contribution in [3.8, 4) is 0 Å². The zero-order valence-electron chi connectivity index (χ0n) is 10.8. The Labute approximate surface area is 106 Å². The Bertz CT molecular complexity index is 560. The summed E-state index contributed by atoms with van der Waals surface area (Å²) in [7, 11) is 1.39. The van der Waals surface area contributed by atoms with Gasteiger partial charge in [0, 0.05) is 18.3 Å². The van der Waals surface area contributed by atoms with Gasteiger partial charge in [-0.25, -0.2) is 4.52 Å². The van der Waals surface area contributed by atoms with Gasteiger partial charge in [-0.2, -0.15) is 5.10 Å². The third-order valence-corrected chi connectivity index (χ3v) is 2.92. The largest absolute Gasteiger partial charge is 0.468 e. The molecule has 18 heavy (non-hydrogen) atoms. The highest BCUT2D eigenvalue weighted by Crippen LogP contribution is 2.12. The van der Waals surface area contributed by atoms with Crippen LogP contribution in [-0.4, -0.2) is 28.2 Å². The highest BCUT2D eigenvalue weighted by atomic mass is 16.5. The molecule has 96 valence electrons. The molecule has 0 atom stereocenters. The minimum Gasteiger partial charge on any atom is -0.468 e. The fraction of sp³-hybridized carbons (Fsp3) is 0.385. The molecule has 0 radical (unpaired) electrons. The van der Waals surface area contributed by atoms with Crippen LogP contribution >= 0.6 is 0 Å². The van der Waals surface area contributed by atoms with Crippen LogP contribution in [0.5, 0.6) is 0 Å². The average molecular weight is 247 g/mol. The number of carbonyl (C=O) groups is 1. The quantitative estimate of drug-likeness (QED) is 0.829. The number of hydrogen-bond donors (Lipinski definition) is 1. The first-order valence-corrected chi connectivity index (χ1v) is 5.79. The van der Waals surface area contributed by atoms with Crippen molar-refractivity contribution in [1.82, 2.24) is 14.9 Å². The number of nitrogens with one attached hydrogen (secondary N) is 1. The van der Waals surface area contributed by atoms with Gasteiger partial charge in [0.25, 0.3) is 0 Å². The Morgan fingerprint density at radius 2 is 2.28 bits per heavy atom. The highest BCUT2D eigenvalue weighted by Gasteiger charge is 2.27. The van der Waals surface area contributed by atoms with Gasteiger partial charge in [0.05, 0.1) is 18.8 Å². The van der Waals surface area contributed by atoms with Crippen LogP contribution in [0.25, 0.3) is 5.52 Å². The standard InChI is InChI=1S/C13H17N3O2/c1-13(2,12(17)18-3)14-8-10-9-15-16-7-5-4-6-11(10)16/h4-7,9,14H,8H2,1-3H3. The number of carbonyl (C=O) groups excluding carboxylic acids is 1. The topological polar surface area (TPSA) is 55.6 Å². The van der Waals surface area contributed by atoms with E-state index >= 15 is 0 Å². The maximum absolute atomic E-state index is 11.6. The maximum atomic E-state index is 11.6. The van der Waals surface area contributed by atoms with E-state index in [1.165, 1.54) is 7.11 Å². The lowest BCUT2D eigenvalue weighted by Crippen LogP contribution is -2.46. The van der Waals surface area contributed by atoms with Gasteiger partial charge in [-0.15, -0.1) is 0 Å². The molecule has 0 aliphatic heterocycles. The number of hydrogen-bond acceptors (Lipinski definition) is 4. The van der Waals surface area contributed by atoms with E-state index in [1.54, 1.807) is 20.0 Å². The van der Waals surface area contributed by atoms with E-state index in [9.17, 15) is 4.79 Å². The minimum atomic E-state index is -0.711.